The lowest BCUT2D eigenvalue weighted by Crippen LogP contribution is -2.21. The van der Waals surface area contributed by atoms with Gasteiger partial charge in [0, 0.05) is 12.2 Å². The maximum absolute atomic E-state index is 11.7. The molecule has 1 heterocycles. The van der Waals surface area contributed by atoms with E-state index < -0.39 is 10.0 Å². The van der Waals surface area contributed by atoms with Gasteiger partial charge in [-0.05, 0) is 44.4 Å². The first kappa shape index (κ1) is 13.2. The van der Waals surface area contributed by atoms with Crippen molar-refractivity contribution in [3.05, 3.63) is 18.3 Å². The molecule has 2 rings (SSSR count). The van der Waals surface area contributed by atoms with Crippen LogP contribution in [0.4, 0.5) is 5.82 Å². The van der Waals surface area contributed by atoms with E-state index in [4.69, 9.17) is 0 Å². The van der Waals surface area contributed by atoms with E-state index in [2.05, 4.69) is 20.2 Å². The van der Waals surface area contributed by atoms with Crippen LogP contribution in [0.25, 0.3) is 0 Å². The first-order valence-electron chi connectivity index (χ1n) is 6.17. The predicted molar refractivity (Wildman–Crippen MR) is 69.7 cm³/mol. The van der Waals surface area contributed by atoms with Crippen LogP contribution < -0.4 is 10.0 Å². The van der Waals surface area contributed by atoms with Gasteiger partial charge < -0.3 is 5.32 Å². The summed E-state index contributed by atoms with van der Waals surface area (Å²) in [4.78, 5) is 0. The van der Waals surface area contributed by atoms with Gasteiger partial charge in [-0.1, -0.05) is 0 Å². The highest BCUT2D eigenvalue weighted by Crippen LogP contribution is 2.18. The Labute approximate surface area is 107 Å². The molecule has 1 fully saturated rings. The summed E-state index contributed by atoms with van der Waals surface area (Å²) in [6.45, 7) is 0.894. The van der Waals surface area contributed by atoms with E-state index in [9.17, 15) is 8.42 Å². The van der Waals surface area contributed by atoms with Gasteiger partial charge in [-0.2, -0.15) is 5.10 Å². The highest BCUT2D eigenvalue weighted by Gasteiger charge is 2.19. The molecule has 0 aliphatic heterocycles. The van der Waals surface area contributed by atoms with Crippen LogP contribution in [0.15, 0.2) is 18.3 Å². The zero-order chi connectivity index (χ0) is 12.8. The monoisotopic (exact) mass is 270 g/mol. The molecule has 0 radical (unpaired) electrons. The molecular weight excluding hydrogens is 252 g/mol. The molecule has 0 aromatic carbocycles. The van der Waals surface area contributed by atoms with Gasteiger partial charge in [0.2, 0.25) is 10.0 Å². The molecule has 100 valence electrons. The van der Waals surface area contributed by atoms with Gasteiger partial charge in [-0.15, -0.1) is 5.10 Å². The molecule has 0 unspecified atom stereocenters. The number of rotatable bonds is 8. The number of aromatic nitrogens is 2. The zero-order valence-electron chi connectivity index (χ0n) is 10.2. The summed E-state index contributed by atoms with van der Waals surface area (Å²) in [5, 5.41) is 10.7. The lowest BCUT2D eigenvalue weighted by atomic mass is 10.3. The number of hydrogen-bond donors (Lipinski definition) is 2. The van der Waals surface area contributed by atoms with Gasteiger partial charge >= 0.3 is 0 Å². The van der Waals surface area contributed by atoms with E-state index in [-0.39, 0.29) is 11.6 Å². The van der Waals surface area contributed by atoms with Crippen molar-refractivity contribution in [2.45, 2.75) is 31.7 Å². The Hall–Kier alpha value is -1.21. The van der Waals surface area contributed by atoms with Crippen molar-refractivity contribution in [2.24, 2.45) is 0 Å². The number of nitrogens with zero attached hydrogens (tertiary/aromatic N) is 2. The quantitative estimate of drug-likeness (QED) is 0.681. The molecular formula is C11H18N4O2S. The standard InChI is InChI=1S/C11H18N4O2S/c16-18(17,15-11-4-3-8-13-14-11)9-2-1-7-12-10-5-6-10/h3-4,8,10,12H,1-2,5-7,9H2,(H,14,15). The maximum Gasteiger partial charge on any atom is 0.233 e. The fourth-order valence-electron chi connectivity index (χ4n) is 1.58. The zero-order valence-corrected chi connectivity index (χ0v) is 11.0. The number of unbranched alkanes of at least 4 members (excludes halogenated alkanes) is 1. The Balaban J connectivity index is 1.66. The molecule has 2 N–H and O–H groups in total. The lowest BCUT2D eigenvalue weighted by molar-refractivity contribution is 0.590. The summed E-state index contributed by atoms with van der Waals surface area (Å²) >= 11 is 0. The van der Waals surface area contributed by atoms with E-state index in [1.165, 1.54) is 19.0 Å². The Kier molecular flexibility index (Phi) is 4.48. The minimum atomic E-state index is -3.30. The van der Waals surface area contributed by atoms with E-state index in [1.807, 2.05) is 0 Å². The summed E-state index contributed by atoms with van der Waals surface area (Å²) in [5.41, 5.74) is 0. The van der Waals surface area contributed by atoms with Crippen molar-refractivity contribution in [1.82, 2.24) is 15.5 Å². The SMILES string of the molecule is O=S(=O)(CCCCNC1CC1)Nc1cccnn1. The Bertz CT molecular complexity index is 459. The van der Waals surface area contributed by atoms with E-state index in [1.54, 1.807) is 12.1 Å². The van der Waals surface area contributed by atoms with Crippen molar-refractivity contribution >= 4 is 15.8 Å². The molecule has 1 aliphatic rings. The molecule has 0 atom stereocenters. The third-order valence-electron chi connectivity index (χ3n) is 2.68. The molecule has 0 spiro atoms. The molecule has 1 aliphatic carbocycles. The number of anilines is 1. The lowest BCUT2D eigenvalue weighted by Gasteiger charge is -2.06. The van der Waals surface area contributed by atoms with Crippen molar-refractivity contribution in [3.63, 3.8) is 0 Å². The van der Waals surface area contributed by atoms with Crippen molar-refractivity contribution in [3.8, 4) is 0 Å². The second-order valence-electron chi connectivity index (χ2n) is 4.47. The normalized spacial score (nSPS) is 15.6. The second kappa shape index (κ2) is 6.10. The van der Waals surface area contributed by atoms with Crippen LogP contribution in [-0.4, -0.2) is 37.0 Å². The van der Waals surface area contributed by atoms with Gasteiger partial charge in [-0.3, -0.25) is 4.72 Å². The van der Waals surface area contributed by atoms with Crippen molar-refractivity contribution in [2.75, 3.05) is 17.0 Å². The third-order valence-corrected chi connectivity index (χ3v) is 4.03. The Morgan fingerprint density at radius 2 is 2.17 bits per heavy atom. The fraction of sp³-hybridized carbons (Fsp3) is 0.636. The van der Waals surface area contributed by atoms with E-state index in [0.717, 1.165) is 13.0 Å². The molecule has 1 aromatic heterocycles. The van der Waals surface area contributed by atoms with Gasteiger partial charge in [0.15, 0.2) is 5.82 Å². The third kappa shape index (κ3) is 4.97. The Morgan fingerprint density at radius 3 is 2.83 bits per heavy atom. The number of nitrogens with one attached hydrogen (secondary N) is 2. The first-order chi connectivity index (χ1) is 8.66. The highest BCUT2D eigenvalue weighted by molar-refractivity contribution is 7.92. The molecule has 1 saturated carbocycles. The number of sulfonamides is 1. The smallest absolute Gasteiger partial charge is 0.233 e. The van der Waals surface area contributed by atoms with Crippen molar-refractivity contribution < 1.29 is 8.42 Å². The second-order valence-corrected chi connectivity index (χ2v) is 6.31. The molecule has 6 nitrogen and oxygen atoms in total. The molecule has 7 heteroatoms. The van der Waals surface area contributed by atoms with Gasteiger partial charge in [-0.25, -0.2) is 8.42 Å². The van der Waals surface area contributed by atoms with Crippen LogP contribution in [0.3, 0.4) is 0 Å². The summed E-state index contributed by atoms with van der Waals surface area (Å²) in [5.74, 6) is 0.393. The summed E-state index contributed by atoms with van der Waals surface area (Å²) in [7, 11) is -3.30. The topological polar surface area (TPSA) is 84.0 Å². The summed E-state index contributed by atoms with van der Waals surface area (Å²) in [6, 6.07) is 3.91. The first-order valence-corrected chi connectivity index (χ1v) is 7.82. The molecule has 0 saturated heterocycles. The summed E-state index contributed by atoms with van der Waals surface area (Å²) < 4.78 is 25.8. The van der Waals surface area contributed by atoms with Crippen LogP contribution in [0, 0.1) is 0 Å². The van der Waals surface area contributed by atoms with Crippen molar-refractivity contribution in [1.29, 1.82) is 0 Å². The van der Waals surface area contributed by atoms with Gasteiger partial charge in [0.1, 0.15) is 0 Å². The molecule has 1 aromatic rings. The van der Waals surface area contributed by atoms with Crippen LogP contribution in [0.5, 0.6) is 0 Å². The van der Waals surface area contributed by atoms with Crippen LogP contribution in [0.2, 0.25) is 0 Å². The predicted octanol–water partition coefficient (Wildman–Crippen LogP) is 0.750. The average molecular weight is 270 g/mol. The van der Waals surface area contributed by atoms with Crippen LogP contribution in [0.1, 0.15) is 25.7 Å². The van der Waals surface area contributed by atoms with Gasteiger partial charge in [0.05, 0.1) is 5.75 Å². The van der Waals surface area contributed by atoms with Crippen LogP contribution in [-0.2, 0) is 10.0 Å². The van der Waals surface area contributed by atoms with Crippen LogP contribution >= 0.6 is 0 Å². The maximum atomic E-state index is 11.7. The molecule has 0 amide bonds. The average Bonchev–Trinajstić information content (AvgIpc) is 3.13. The fourth-order valence-corrected chi connectivity index (χ4v) is 2.69. The highest BCUT2D eigenvalue weighted by atomic mass is 32.2. The minimum absolute atomic E-state index is 0.121. The molecule has 18 heavy (non-hydrogen) atoms. The largest absolute Gasteiger partial charge is 0.314 e. The van der Waals surface area contributed by atoms with Gasteiger partial charge in [0.25, 0.3) is 0 Å². The minimum Gasteiger partial charge on any atom is -0.314 e. The summed E-state index contributed by atoms with van der Waals surface area (Å²) in [6.07, 6.45) is 5.54. The van der Waals surface area contributed by atoms with E-state index in [0.29, 0.717) is 12.5 Å². The number of hydrogen-bond acceptors (Lipinski definition) is 5. The Morgan fingerprint density at radius 1 is 1.33 bits per heavy atom. The molecule has 0 bridgehead atoms. The van der Waals surface area contributed by atoms with E-state index >= 15 is 0 Å².